The smallest absolute Gasteiger partial charge is 0.246 e. The summed E-state index contributed by atoms with van der Waals surface area (Å²) < 4.78 is 0. The number of aliphatic hydroxyl groups excluding tert-OH is 1. The Balaban J connectivity index is 2.28. The second-order valence-corrected chi connectivity index (χ2v) is 29.9. The van der Waals surface area contributed by atoms with Crippen LogP contribution in [-0.2, 0) is 68.9 Å². The van der Waals surface area contributed by atoms with Crippen LogP contribution in [0, 0.1) is 41.4 Å². The third kappa shape index (κ3) is 23.7. The van der Waals surface area contributed by atoms with Gasteiger partial charge in [0.25, 0.3) is 0 Å². The van der Waals surface area contributed by atoms with E-state index in [1.54, 1.807) is 65.8 Å². The van der Waals surface area contributed by atoms with Crippen molar-refractivity contribution in [2.45, 2.75) is 242 Å². The van der Waals surface area contributed by atoms with Crippen molar-refractivity contribution in [2.75, 3.05) is 55.9 Å². The molecule has 0 unspecified atom stereocenters. The highest BCUT2D eigenvalue weighted by Crippen LogP contribution is 2.27. The number of amides is 13. The lowest BCUT2D eigenvalue weighted by atomic mass is 9.91. The van der Waals surface area contributed by atoms with Gasteiger partial charge in [-0.2, -0.15) is 0 Å². The van der Waals surface area contributed by atoms with Gasteiger partial charge in [-0.15, -0.1) is 0 Å². The fraction of sp³-hybridized carbons (Fsp3) is 0.712. The van der Waals surface area contributed by atoms with Crippen molar-refractivity contribution >= 4 is 82.9 Å². The molecule has 556 valence electrons. The van der Waals surface area contributed by atoms with Crippen LogP contribution in [0.1, 0.15) is 180 Å². The maximum absolute atomic E-state index is 15.5. The largest absolute Gasteiger partial charge is 0.390 e. The molecule has 0 bridgehead atoms. The number of piperidine rings is 1. The third-order valence-corrected chi connectivity index (χ3v) is 18.9. The highest BCUT2D eigenvalue weighted by Gasteiger charge is 2.46. The number of carbonyl (C=O) groups excluding carboxylic acids is 13. The lowest BCUT2D eigenvalue weighted by Crippen LogP contribution is -2.63. The molecule has 2 aliphatic heterocycles. The van der Waals surface area contributed by atoms with Crippen LogP contribution in [-0.4, -0.2) is 243 Å². The van der Waals surface area contributed by atoms with Crippen LogP contribution in [0.5, 0.6) is 0 Å². The maximum Gasteiger partial charge on any atom is 0.246 e. The van der Waals surface area contributed by atoms with Crippen molar-refractivity contribution in [3.63, 3.8) is 0 Å². The number of nitrogens with one attached hydrogen (secondary N) is 4. The van der Waals surface area contributed by atoms with Gasteiger partial charge in [0.15, 0.2) is 0 Å². The predicted octanol–water partition coefficient (Wildman–Crippen LogP) is 4.45. The SMILES string of the molecule is CC[C@@H]1NC(=O)[C@H]([C@H](O)[C@H](C)C/C=C/c2ccc(CN3C(=O)CCCC3=O)cc2)N(C)C(=O)[C@H](C(C)C)N(C)C(=O)[C@H](CC(C)C)N(C)C(=O)[C@H](CC(C)C)N(C)C(=O)[C@@H](C)NC(=O)[C@H](C)NC(=O)[C@H](CC(C)C)N(C)C(=O)[C@H](C(C)C)NC(=O)[C@H](CC(C)C)N(C)C(=O)CN(C)C1=O. The number of hydrogen-bond donors (Lipinski definition) is 5. The number of carbonyl (C=O) groups is 13. The fourth-order valence-corrected chi connectivity index (χ4v) is 12.6. The zero-order chi connectivity index (χ0) is 75.5. The minimum atomic E-state index is -1.71. The summed E-state index contributed by atoms with van der Waals surface area (Å²) in [6.45, 7) is 27.5. The summed E-state index contributed by atoms with van der Waals surface area (Å²) in [5.41, 5.74) is 1.51. The van der Waals surface area contributed by atoms with Crippen LogP contribution >= 0.6 is 0 Å². The summed E-state index contributed by atoms with van der Waals surface area (Å²) >= 11 is 0. The van der Waals surface area contributed by atoms with Crippen LogP contribution in [0.4, 0.5) is 0 Å². The Morgan fingerprint density at radius 3 is 1.39 bits per heavy atom. The molecule has 1 aromatic carbocycles. The van der Waals surface area contributed by atoms with Crippen LogP contribution in [0.3, 0.4) is 0 Å². The van der Waals surface area contributed by atoms with Gasteiger partial charge in [-0.3, -0.25) is 67.2 Å². The first-order valence-electron chi connectivity index (χ1n) is 35.3. The van der Waals surface area contributed by atoms with Crippen molar-refractivity contribution in [1.82, 2.24) is 60.5 Å². The number of nitrogens with zero attached hydrogens (tertiary/aromatic N) is 8. The van der Waals surface area contributed by atoms with Crippen molar-refractivity contribution in [1.29, 1.82) is 0 Å². The van der Waals surface area contributed by atoms with E-state index in [1.165, 1.54) is 92.6 Å². The van der Waals surface area contributed by atoms with E-state index in [2.05, 4.69) is 21.3 Å². The number of hydrogen-bond acceptors (Lipinski definition) is 14. The number of allylic oxidation sites excluding steroid dienone is 1. The highest BCUT2D eigenvalue weighted by molar-refractivity contribution is 6.00. The topological polar surface area (TPSA) is 316 Å². The zero-order valence-corrected chi connectivity index (χ0v) is 63.5. The van der Waals surface area contributed by atoms with Gasteiger partial charge >= 0.3 is 0 Å². The molecule has 0 aromatic heterocycles. The zero-order valence-electron chi connectivity index (χ0n) is 63.5. The number of benzene rings is 1. The minimum Gasteiger partial charge on any atom is -0.390 e. The molecule has 0 saturated carbocycles. The standard InChI is InChI=1S/C73H120N12O14/c1-24-52-69(95)78(17)40-59(88)79(18)53(35-41(2)3)66(92)77-60(45(10)11)72(98)80(19)54(36-42(4)5)65(91)74-48(15)64(90)75-49(16)68(94)81(20)55(37-43(6)7)70(96)82(21)56(38-44(8)9)71(97)83(22)61(46(12)13)73(99)84(23)62(67(93)76-52)63(89)47(14)27-25-28-50-31-33-51(34-32-50)39-85-57(86)29-26-30-58(85)87/h25,28,31-34,41-49,52-56,60-63,89H,24,26-27,29-30,35-40H2,1-23H3,(H,74,91)(H,75,90)(H,76,93)(H,77,92)/b28-25+/t47-,48+,49-,52+,53+,54+,55+,56+,60+,61+,62+,63-/m1/s1. The van der Waals surface area contributed by atoms with Gasteiger partial charge < -0.3 is 60.7 Å². The predicted molar refractivity (Wildman–Crippen MR) is 379 cm³/mol. The molecule has 0 spiro atoms. The monoisotopic (exact) mass is 1390 g/mol. The molecule has 3 rings (SSSR count). The minimum absolute atomic E-state index is 0.0251. The Bertz CT molecular complexity index is 3010. The highest BCUT2D eigenvalue weighted by atomic mass is 16.3. The van der Waals surface area contributed by atoms with Crippen LogP contribution in [0.25, 0.3) is 6.08 Å². The van der Waals surface area contributed by atoms with Crippen molar-refractivity contribution in [3.05, 3.63) is 41.5 Å². The van der Waals surface area contributed by atoms with Gasteiger partial charge in [0.2, 0.25) is 76.8 Å². The van der Waals surface area contributed by atoms with Crippen LogP contribution in [0.15, 0.2) is 30.3 Å². The Morgan fingerprint density at radius 1 is 0.465 bits per heavy atom. The van der Waals surface area contributed by atoms with Crippen molar-refractivity contribution < 1.29 is 67.4 Å². The molecule has 26 heteroatoms. The summed E-state index contributed by atoms with van der Waals surface area (Å²) in [7, 11) is 9.82. The normalized spacial score (nSPS) is 25.7. The van der Waals surface area contributed by atoms with E-state index < -0.39 is 156 Å². The Morgan fingerprint density at radius 2 is 0.909 bits per heavy atom. The molecule has 99 heavy (non-hydrogen) atoms. The molecule has 2 fully saturated rings. The molecule has 2 saturated heterocycles. The van der Waals surface area contributed by atoms with Gasteiger partial charge in [-0.05, 0) is 111 Å². The van der Waals surface area contributed by atoms with E-state index in [1.807, 2.05) is 67.5 Å². The molecule has 26 nitrogen and oxygen atoms in total. The number of likely N-dealkylation sites (tertiary alicyclic amines) is 1. The lowest BCUT2D eigenvalue weighted by molar-refractivity contribution is -0.157. The third-order valence-electron chi connectivity index (χ3n) is 18.9. The maximum atomic E-state index is 15.5. The summed E-state index contributed by atoms with van der Waals surface area (Å²) in [6.07, 6.45) is 3.75. The summed E-state index contributed by atoms with van der Waals surface area (Å²) in [5.74, 6) is -10.8. The van der Waals surface area contributed by atoms with E-state index in [4.69, 9.17) is 0 Å². The number of imide groups is 1. The summed E-state index contributed by atoms with van der Waals surface area (Å²) in [5, 5.41) is 23.5. The molecule has 12 atom stereocenters. The molecule has 2 heterocycles. The van der Waals surface area contributed by atoms with Crippen molar-refractivity contribution in [2.24, 2.45) is 41.4 Å². The Labute approximate surface area is 588 Å². The average molecular weight is 1390 g/mol. The number of likely N-dealkylation sites (N-methyl/N-ethyl adjacent to an activating group) is 7. The van der Waals surface area contributed by atoms with Gasteiger partial charge in [0.1, 0.15) is 60.4 Å². The molecule has 0 aliphatic carbocycles. The molecular weight excluding hydrogens is 1270 g/mol. The first-order valence-corrected chi connectivity index (χ1v) is 35.3. The van der Waals surface area contributed by atoms with E-state index >= 15 is 19.2 Å². The Hall–Kier alpha value is -7.77. The lowest BCUT2D eigenvalue weighted by Gasteiger charge is -2.41. The van der Waals surface area contributed by atoms with Gasteiger partial charge in [0.05, 0.1) is 19.2 Å². The van der Waals surface area contributed by atoms with Crippen molar-refractivity contribution in [3.8, 4) is 0 Å². The average Bonchev–Trinajstić information content (AvgIpc) is 0.803. The molecule has 0 radical (unpaired) electrons. The number of rotatable bonds is 18. The van der Waals surface area contributed by atoms with Gasteiger partial charge in [-0.25, -0.2) is 0 Å². The van der Waals surface area contributed by atoms with Crippen LogP contribution < -0.4 is 21.3 Å². The second kappa shape index (κ2) is 38.7. The van der Waals surface area contributed by atoms with E-state index in [-0.39, 0.29) is 80.6 Å². The first kappa shape index (κ1) is 85.5. The molecular formula is C73H120N12O14. The van der Waals surface area contributed by atoms with Gasteiger partial charge in [0, 0.05) is 62.2 Å². The molecule has 2 aliphatic rings. The van der Waals surface area contributed by atoms with E-state index in [0.29, 0.717) is 19.3 Å². The molecule has 1 aromatic rings. The quantitative estimate of drug-likeness (QED) is 0.127. The first-order chi connectivity index (χ1) is 46.0. The molecule has 13 amide bonds. The summed E-state index contributed by atoms with van der Waals surface area (Å²) in [6, 6.07) is -5.52. The molecule has 5 N–H and O–H groups in total. The Kier molecular flexibility index (Phi) is 33.4. The van der Waals surface area contributed by atoms with E-state index in [0.717, 1.165) is 20.9 Å². The number of aliphatic hydroxyl groups is 1. The van der Waals surface area contributed by atoms with Gasteiger partial charge in [-0.1, -0.05) is 133 Å². The van der Waals surface area contributed by atoms with E-state index in [9.17, 15) is 48.3 Å². The fourth-order valence-electron chi connectivity index (χ4n) is 12.6. The second-order valence-electron chi connectivity index (χ2n) is 29.9. The van der Waals surface area contributed by atoms with Crippen LogP contribution in [0.2, 0.25) is 0 Å². The summed E-state index contributed by atoms with van der Waals surface area (Å²) in [4.78, 5) is 197.